The van der Waals surface area contributed by atoms with Gasteiger partial charge < -0.3 is 0 Å². The summed E-state index contributed by atoms with van der Waals surface area (Å²) in [6, 6.07) is 8.58. The average Bonchev–Trinajstić information content (AvgIpc) is 2.51. The predicted molar refractivity (Wildman–Crippen MR) is 65.2 cm³/mol. The average molecular weight is 224 g/mol. The molecular formula is C11H14NS2+. The molecular weight excluding hydrogens is 210 g/mol. The Morgan fingerprint density at radius 3 is 2.93 bits per heavy atom. The number of thiol groups is 1. The highest BCUT2D eigenvalue weighted by Crippen LogP contribution is 2.19. The van der Waals surface area contributed by atoms with E-state index in [2.05, 4.69) is 48.4 Å². The Labute approximate surface area is 93.8 Å². The van der Waals surface area contributed by atoms with Crippen molar-refractivity contribution in [3.05, 3.63) is 29.3 Å². The van der Waals surface area contributed by atoms with Crippen molar-refractivity contribution in [1.82, 2.24) is 0 Å². The summed E-state index contributed by atoms with van der Waals surface area (Å²) in [6.07, 6.45) is 1.13. The van der Waals surface area contributed by atoms with Gasteiger partial charge in [0.1, 0.15) is 4.70 Å². The molecule has 0 aliphatic carbocycles. The highest BCUT2D eigenvalue weighted by Gasteiger charge is 2.14. The van der Waals surface area contributed by atoms with Crippen molar-refractivity contribution in [3.63, 3.8) is 0 Å². The molecule has 0 fully saturated rings. The molecule has 1 heterocycles. The summed E-state index contributed by atoms with van der Waals surface area (Å²) < 4.78 is 3.76. The van der Waals surface area contributed by atoms with Crippen molar-refractivity contribution >= 4 is 34.2 Å². The maximum absolute atomic E-state index is 4.25. The van der Waals surface area contributed by atoms with Crippen LogP contribution in [-0.4, -0.2) is 5.75 Å². The highest BCUT2D eigenvalue weighted by molar-refractivity contribution is 7.80. The highest BCUT2D eigenvalue weighted by atomic mass is 32.1. The van der Waals surface area contributed by atoms with Crippen LogP contribution in [0.1, 0.15) is 11.4 Å². The zero-order valence-electron chi connectivity index (χ0n) is 8.23. The Morgan fingerprint density at radius 2 is 2.14 bits per heavy atom. The Kier molecular flexibility index (Phi) is 3.08. The maximum Gasteiger partial charge on any atom is 0.235 e. The summed E-state index contributed by atoms with van der Waals surface area (Å²) in [7, 11) is 0. The van der Waals surface area contributed by atoms with Crippen molar-refractivity contribution in [2.24, 2.45) is 0 Å². The number of aromatic nitrogens is 1. The molecule has 0 N–H and O–H groups in total. The molecule has 0 radical (unpaired) electrons. The third-order valence-corrected chi connectivity index (χ3v) is 3.73. The molecule has 0 bridgehead atoms. The molecule has 1 aromatic heterocycles. The normalized spacial score (nSPS) is 11.0. The van der Waals surface area contributed by atoms with Crippen LogP contribution in [0.15, 0.2) is 24.3 Å². The fourth-order valence-electron chi connectivity index (χ4n) is 1.66. The molecule has 0 aliphatic rings. The van der Waals surface area contributed by atoms with E-state index in [1.807, 2.05) is 11.3 Å². The summed E-state index contributed by atoms with van der Waals surface area (Å²) >= 11 is 6.12. The molecule has 74 valence electrons. The van der Waals surface area contributed by atoms with Gasteiger partial charge in [-0.3, -0.25) is 0 Å². The van der Waals surface area contributed by atoms with Gasteiger partial charge in [-0.15, -0.1) is 0 Å². The van der Waals surface area contributed by atoms with E-state index in [0.29, 0.717) is 0 Å². The number of para-hydroxylation sites is 1. The summed E-state index contributed by atoms with van der Waals surface area (Å²) in [5.41, 5.74) is 1.36. The van der Waals surface area contributed by atoms with Gasteiger partial charge in [0.2, 0.25) is 10.5 Å². The lowest BCUT2D eigenvalue weighted by Gasteiger charge is -1.93. The SMILES string of the molecule is Cc1sc2ccccc2[n+]1CCCS. The van der Waals surface area contributed by atoms with Gasteiger partial charge in [-0.25, -0.2) is 0 Å². The van der Waals surface area contributed by atoms with E-state index in [-0.39, 0.29) is 0 Å². The Hall–Kier alpha value is -0.540. The summed E-state index contributed by atoms with van der Waals surface area (Å²) in [6.45, 7) is 3.27. The number of fused-ring (bicyclic) bond motifs is 1. The fraction of sp³-hybridized carbons (Fsp3) is 0.364. The number of benzene rings is 1. The molecule has 3 heteroatoms. The van der Waals surface area contributed by atoms with E-state index in [0.717, 1.165) is 18.7 Å². The van der Waals surface area contributed by atoms with E-state index in [9.17, 15) is 0 Å². The van der Waals surface area contributed by atoms with Gasteiger partial charge in [-0.1, -0.05) is 23.5 Å². The van der Waals surface area contributed by atoms with Crippen LogP contribution in [0.5, 0.6) is 0 Å². The molecule has 0 atom stereocenters. The zero-order chi connectivity index (χ0) is 9.97. The van der Waals surface area contributed by atoms with Crippen LogP contribution in [0, 0.1) is 6.92 Å². The summed E-state index contributed by atoms with van der Waals surface area (Å²) in [4.78, 5) is 0. The first kappa shape index (κ1) is 9.99. The van der Waals surface area contributed by atoms with Gasteiger partial charge in [-0.05, 0) is 11.8 Å². The number of hydrogen-bond acceptors (Lipinski definition) is 2. The van der Waals surface area contributed by atoms with E-state index in [1.165, 1.54) is 15.2 Å². The van der Waals surface area contributed by atoms with Crippen LogP contribution in [0.4, 0.5) is 0 Å². The number of aryl methyl sites for hydroxylation is 2. The first-order valence-electron chi connectivity index (χ1n) is 4.82. The largest absolute Gasteiger partial charge is 0.235 e. The van der Waals surface area contributed by atoms with Crippen LogP contribution in [0.2, 0.25) is 0 Å². The molecule has 1 aromatic carbocycles. The number of nitrogens with zero attached hydrogens (tertiary/aromatic N) is 1. The fourth-order valence-corrected chi connectivity index (χ4v) is 2.85. The Morgan fingerprint density at radius 1 is 1.36 bits per heavy atom. The van der Waals surface area contributed by atoms with Crippen LogP contribution in [-0.2, 0) is 6.54 Å². The number of thiazole rings is 1. The molecule has 2 rings (SSSR count). The van der Waals surface area contributed by atoms with Crippen LogP contribution in [0.3, 0.4) is 0 Å². The van der Waals surface area contributed by atoms with Crippen molar-refractivity contribution in [1.29, 1.82) is 0 Å². The molecule has 0 unspecified atom stereocenters. The van der Waals surface area contributed by atoms with E-state index in [4.69, 9.17) is 0 Å². The third kappa shape index (κ3) is 1.79. The second kappa shape index (κ2) is 4.32. The topological polar surface area (TPSA) is 3.88 Å². The predicted octanol–water partition coefficient (Wildman–Crippen LogP) is 2.82. The lowest BCUT2D eigenvalue weighted by atomic mass is 10.3. The van der Waals surface area contributed by atoms with Gasteiger partial charge in [0.15, 0.2) is 6.54 Å². The second-order valence-electron chi connectivity index (χ2n) is 3.32. The van der Waals surface area contributed by atoms with Gasteiger partial charge in [-0.2, -0.15) is 17.2 Å². The second-order valence-corrected chi connectivity index (χ2v) is 5.00. The summed E-state index contributed by atoms with van der Waals surface area (Å²) in [5.74, 6) is 0.955. The van der Waals surface area contributed by atoms with Crippen LogP contribution in [0.25, 0.3) is 10.2 Å². The number of hydrogen-bond donors (Lipinski definition) is 1. The van der Waals surface area contributed by atoms with Crippen molar-refractivity contribution in [2.45, 2.75) is 19.9 Å². The van der Waals surface area contributed by atoms with E-state index in [1.54, 1.807) is 0 Å². The first-order chi connectivity index (χ1) is 6.83. The smallest absolute Gasteiger partial charge is 0.186 e. The molecule has 0 spiro atoms. The molecule has 0 amide bonds. The Balaban J connectivity index is 2.45. The molecule has 0 aliphatic heterocycles. The lowest BCUT2D eigenvalue weighted by molar-refractivity contribution is -0.672. The van der Waals surface area contributed by atoms with Crippen molar-refractivity contribution in [2.75, 3.05) is 5.75 Å². The monoisotopic (exact) mass is 224 g/mol. The van der Waals surface area contributed by atoms with Gasteiger partial charge >= 0.3 is 0 Å². The van der Waals surface area contributed by atoms with Gasteiger partial charge in [0.05, 0.1) is 0 Å². The van der Waals surface area contributed by atoms with Crippen molar-refractivity contribution in [3.8, 4) is 0 Å². The minimum Gasteiger partial charge on any atom is -0.186 e. The third-order valence-electron chi connectivity index (χ3n) is 2.33. The maximum atomic E-state index is 4.25. The van der Waals surface area contributed by atoms with Gasteiger partial charge in [0, 0.05) is 19.4 Å². The van der Waals surface area contributed by atoms with Gasteiger partial charge in [0.25, 0.3) is 0 Å². The van der Waals surface area contributed by atoms with Crippen LogP contribution >= 0.6 is 24.0 Å². The standard InChI is InChI=1S/C11H13NS2/c1-9-12(7-4-8-13)10-5-2-3-6-11(10)14-9/h2-3,5-6H,4,7-8H2,1H3/p+1. The van der Waals surface area contributed by atoms with E-state index >= 15 is 0 Å². The molecule has 0 saturated carbocycles. The molecule has 2 aromatic rings. The molecule has 0 saturated heterocycles. The lowest BCUT2D eigenvalue weighted by Crippen LogP contribution is -2.35. The van der Waals surface area contributed by atoms with E-state index < -0.39 is 0 Å². The number of rotatable bonds is 3. The van der Waals surface area contributed by atoms with Crippen molar-refractivity contribution < 1.29 is 4.57 Å². The minimum atomic E-state index is 0.955. The first-order valence-corrected chi connectivity index (χ1v) is 6.26. The van der Waals surface area contributed by atoms with Crippen LogP contribution < -0.4 is 4.57 Å². The Bertz CT molecular complexity index is 434. The minimum absolute atomic E-state index is 0.955. The zero-order valence-corrected chi connectivity index (χ0v) is 9.94. The molecule has 14 heavy (non-hydrogen) atoms. The summed E-state index contributed by atoms with van der Waals surface area (Å²) in [5, 5.41) is 1.38. The molecule has 1 nitrogen and oxygen atoms in total. The quantitative estimate of drug-likeness (QED) is 0.604.